The largest absolute Gasteiger partial charge is 0.410 e. The molecule has 136 valence electrons. The van der Waals surface area contributed by atoms with Gasteiger partial charge in [-0.2, -0.15) is 13.2 Å². The minimum absolute atomic E-state index is 0.122. The number of amides is 1. The summed E-state index contributed by atoms with van der Waals surface area (Å²) in [4.78, 5) is 12.3. The quantitative estimate of drug-likeness (QED) is 0.770. The van der Waals surface area contributed by atoms with E-state index in [4.69, 9.17) is 0 Å². The fourth-order valence-corrected chi connectivity index (χ4v) is 2.39. The van der Waals surface area contributed by atoms with Gasteiger partial charge in [-0.1, -0.05) is 47.6 Å². The predicted molar refractivity (Wildman–Crippen MR) is 91.4 cm³/mol. The second-order valence-electron chi connectivity index (χ2n) is 8.84. The number of halogens is 3. The van der Waals surface area contributed by atoms with Crippen molar-refractivity contribution in [3.63, 3.8) is 0 Å². The lowest BCUT2D eigenvalue weighted by Gasteiger charge is -2.31. The average Bonchev–Trinajstić information content (AvgIpc) is 2.34. The van der Waals surface area contributed by atoms with Crippen molar-refractivity contribution in [2.24, 2.45) is 0 Å². The molecule has 0 radical (unpaired) electrons. The van der Waals surface area contributed by atoms with Gasteiger partial charge < -0.3 is 5.32 Å². The van der Waals surface area contributed by atoms with Gasteiger partial charge in [-0.15, -0.1) is 0 Å². The predicted octanol–water partition coefficient (Wildman–Crippen LogP) is 5.35. The zero-order valence-corrected chi connectivity index (χ0v) is 15.8. The minimum Gasteiger partial charge on any atom is -0.338 e. The lowest BCUT2D eigenvalue weighted by molar-refractivity contribution is -0.182. The van der Waals surface area contributed by atoms with Gasteiger partial charge in [0.1, 0.15) is 5.54 Å². The molecule has 5 heteroatoms. The van der Waals surface area contributed by atoms with E-state index in [1.165, 1.54) is 0 Å². The standard InChI is InChI=1S/C19H28F3NO/c1-16(2,3)13-10-9-12(11-14(13)17(4,5)6)15(24)23-18(7,8)19(20,21)22/h9-11H,1-8H3,(H,23,24). The van der Waals surface area contributed by atoms with E-state index in [1.807, 2.05) is 26.8 Å². The molecule has 0 aliphatic rings. The van der Waals surface area contributed by atoms with Crippen LogP contribution in [-0.2, 0) is 10.8 Å². The number of carbonyl (C=O) groups is 1. The van der Waals surface area contributed by atoms with Gasteiger partial charge in [0.25, 0.3) is 5.91 Å². The molecule has 0 aliphatic carbocycles. The summed E-state index contributed by atoms with van der Waals surface area (Å²) in [6.07, 6.45) is -4.51. The van der Waals surface area contributed by atoms with Crippen LogP contribution in [0.2, 0.25) is 0 Å². The average molecular weight is 343 g/mol. The number of nitrogens with one attached hydrogen (secondary N) is 1. The molecule has 0 saturated carbocycles. The molecule has 1 amide bonds. The van der Waals surface area contributed by atoms with Crippen LogP contribution in [0, 0.1) is 0 Å². The van der Waals surface area contributed by atoms with Gasteiger partial charge in [-0.3, -0.25) is 4.79 Å². The highest BCUT2D eigenvalue weighted by molar-refractivity contribution is 5.95. The van der Waals surface area contributed by atoms with E-state index in [0.29, 0.717) is 0 Å². The third-order valence-corrected chi connectivity index (χ3v) is 4.03. The molecule has 0 unspecified atom stereocenters. The van der Waals surface area contributed by atoms with Crippen molar-refractivity contribution in [1.29, 1.82) is 0 Å². The molecular weight excluding hydrogens is 315 g/mol. The molecule has 24 heavy (non-hydrogen) atoms. The van der Waals surface area contributed by atoms with Crippen LogP contribution in [0.4, 0.5) is 13.2 Å². The Morgan fingerprint density at radius 3 is 1.67 bits per heavy atom. The highest BCUT2D eigenvalue weighted by atomic mass is 19.4. The fraction of sp³-hybridized carbons (Fsp3) is 0.632. The Morgan fingerprint density at radius 2 is 1.29 bits per heavy atom. The van der Waals surface area contributed by atoms with Gasteiger partial charge >= 0.3 is 6.18 Å². The van der Waals surface area contributed by atoms with Crippen LogP contribution in [0.3, 0.4) is 0 Å². The van der Waals surface area contributed by atoms with Crippen LogP contribution in [0.25, 0.3) is 0 Å². The molecule has 1 aromatic rings. The molecule has 1 N–H and O–H groups in total. The Bertz CT molecular complexity index is 617. The van der Waals surface area contributed by atoms with E-state index in [1.54, 1.807) is 12.1 Å². The Morgan fingerprint density at radius 1 is 0.833 bits per heavy atom. The summed E-state index contributed by atoms with van der Waals surface area (Å²) in [6.45, 7) is 14.2. The minimum atomic E-state index is -4.51. The molecule has 0 atom stereocenters. The molecular formula is C19H28F3NO. The maximum Gasteiger partial charge on any atom is 0.410 e. The molecule has 1 rings (SSSR count). The zero-order valence-electron chi connectivity index (χ0n) is 15.8. The maximum absolute atomic E-state index is 13.0. The van der Waals surface area contributed by atoms with Crippen LogP contribution in [0.15, 0.2) is 18.2 Å². The van der Waals surface area contributed by atoms with Gasteiger partial charge in [-0.05, 0) is 47.9 Å². The summed E-state index contributed by atoms with van der Waals surface area (Å²) in [5, 5.41) is 2.09. The van der Waals surface area contributed by atoms with E-state index >= 15 is 0 Å². The lowest BCUT2D eigenvalue weighted by atomic mass is 9.74. The third-order valence-electron chi connectivity index (χ3n) is 4.03. The molecule has 0 heterocycles. The van der Waals surface area contributed by atoms with Crippen LogP contribution in [0.1, 0.15) is 76.9 Å². The van der Waals surface area contributed by atoms with Crippen molar-refractivity contribution < 1.29 is 18.0 Å². The van der Waals surface area contributed by atoms with Crippen molar-refractivity contribution >= 4 is 5.91 Å². The molecule has 0 bridgehead atoms. The first-order chi connectivity index (χ1) is 10.5. The summed E-state index contributed by atoms with van der Waals surface area (Å²) in [5.41, 5.74) is -0.338. The summed E-state index contributed by atoms with van der Waals surface area (Å²) < 4.78 is 39.0. The van der Waals surface area contributed by atoms with Crippen LogP contribution < -0.4 is 5.32 Å². The van der Waals surface area contributed by atoms with Gasteiger partial charge in [0.05, 0.1) is 0 Å². The number of carbonyl (C=O) groups excluding carboxylic acids is 1. The first-order valence-corrected chi connectivity index (χ1v) is 8.01. The van der Waals surface area contributed by atoms with Crippen molar-refractivity contribution in [3.05, 3.63) is 34.9 Å². The normalized spacial score (nSPS) is 13.8. The highest BCUT2D eigenvalue weighted by Crippen LogP contribution is 2.35. The summed E-state index contributed by atoms with van der Waals surface area (Å²) in [7, 11) is 0. The monoisotopic (exact) mass is 343 g/mol. The first kappa shape index (κ1) is 20.5. The Labute approximate surface area is 142 Å². The molecule has 0 fully saturated rings. The SMILES string of the molecule is CC(C)(C)c1ccc(C(=O)NC(C)(C)C(F)(F)F)cc1C(C)(C)C. The molecule has 0 spiro atoms. The van der Waals surface area contributed by atoms with E-state index in [0.717, 1.165) is 25.0 Å². The topological polar surface area (TPSA) is 29.1 Å². The van der Waals surface area contributed by atoms with E-state index in [2.05, 4.69) is 26.1 Å². The number of benzene rings is 1. The summed E-state index contributed by atoms with van der Waals surface area (Å²) in [6, 6.07) is 5.15. The van der Waals surface area contributed by atoms with Crippen LogP contribution >= 0.6 is 0 Å². The molecule has 0 saturated heterocycles. The summed E-state index contributed by atoms with van der Waals surface area (Å²) in [5.74, 6) is -0.719. The van der Waals surface area contributed by atoms with Crippen LogP contribution in [0.5, 0.6) is 0 Å². The van der Waals surface area contributed by atoms with E-state index < -0.39 is 17.6 Å². The van der Waals surface area contributed by atoms with Gasteiger partial charge in [0, 0.05) is 5.56 Å². The third kappa shape index (κ3) is 4.52. The highest BCUT2D eigenvalue weighted by Gasteiger charge is 2.48. The van der Waals surface area contributed by atoms with Crippen molar-refractivity contribution in [3.8, 4) is 0 Å². The van der Waals surface area contributed by atoms with Crippen molar-refractivity contribution in [2.75, 3.05) is 0 Å². The van der Waals surface area contributed by atoms with Crippen LogP contribution in [-0.4, -0.2) is 17.6 Å². The number of hydrogen-bond acceptors (Lipinski definition) is 1. The van der Waals surface area contributed by atoms with Gasteiger partial charge in [0.2, 0.25) is 0 Å². The van der Waals surface area contributed by atoms with E-state index in [9.17, 15) is 18.0 Å². The first-order valence-electron chi connectivity index (χ1n) is 8.01. The Hall–Kier alpha value is -1.52. The van der Waals surface area contributed by atoms with E-state index in [-0.39, 0.29) is 16.4 Å². The smallest absolute Gasteiger partial charge is 0.338 e. The van der Waals surface area contributed by atoms with Gasteiger partial charge in [-0.25, -0.2) is 0 Å². The molecule has 2 nitrogen and oxygen atoms in total. The fourth-order valence-electron chi connectivity index (χ4n) is 2.39. The maximum atomic E-state index is 13.0. The molecule has 1 aromatic carbocycles. The Balaban J connectivity index is 3.31. The molecule has 0 aromatic heterocycles. The van der Waals surface area contributed by atoms with Crippen molar-refractivity contribution in [2.45, 2.75) is 77.9 Å². The van der Waals surface area contributed by atoms with Gasteiger partial charge in [0.15, 0.2) is 0 Å². The lowest BCUT2D eigenvalue weighted by Crippen LogP contribution is -2.54. The number of hydrogen-bond donors (Lipinski definition) is 1. The zero-order chi connectivity index (χ0) is 19.1. The number of alkyl halides is 3. The Kier molecular flexibility index (Phi) is 5.20. The second-order valence-corrected chi connectivity index (χ2v) is 8.84. The summed E-state index contributed by atoms with van der Waals surface area (Å²) >= 11 is 0. The number of rotatable bonds is 2. The molecule has 0 aliphatic heterocycles. The van der Waals surface area contributed by atoms with Crippen molar-refractivity contribution in [1.82, 2.24) is 5.32 Å². The second kappa shape index (κ2) is 6.08.